The molecule has 0 bridgehead atoms. The van der Waals surface area contributed by atoms with E-state index in [4.69, 9.17) is 9.47 Å². The fraction of sp³-hybridized carbons (Fsp3) is 0.478. The topological polar surface area (TPSA) is 103 Å². The molecule has 1 saturated heterocycles. The Hall–Kier alpha value is -3.20. The maximum absolute atomic E-state index is 13.1. The van der Waals surface area contributed by atoms with Gasteiger partial charge >= 0.3 is 5.97 Å². The number of hydrogen-bond acceptors (Lipinski definition) is 6. The summed E-state index contributed by atoms with van der Waals surface area (Å²) in [6, 6.07) is 9.46. The Labute approximate surface area is 186 Å². The average Bonchev–Trinajstić information content (AvgIpc) is 3.24. The summed E-state index contributed by atoms with van der Waals surface area (Å²) in [7, 11) is 0. The zero-order valence-corrected chi connectivity index (χ0v) is 18.2. The zero-order valence-electron chi connectivity index (χ0n) is 18.2. The van der Waals surface area contributed by atoms with Gasteiger partial charge in [-0.3, -0.25) is 9.59 Å². The lowest BCUT2D eigenvalue weighted by molar-refractivity contribution is -0.146. The van der Waals surface area contributed by atoms with Crippen LogP contribution >= 0.6 is 0 Å². The molecule has 2 aromatic rings. The van der Waals surface area contributed by atoms with Gasteiger partial charge in [-0.05, 0) is 44.7 Å². The lowest BCUT2D eigenvalue weighted by Gasteiger charge is -2.38. The van der Waals surface area contributed by atoms with Crippen molar-refractivity contribution < 1.29 is 23.9 Å². The van der Waals surface area contributed by atoms with Gasteiger partial charge in [0.1, 0.15) is 12.2 Å². The van der Waals surface area contributed by atoms with Crippen LogP contribution in [0.1, 0.15) is 43.0 Å². The first-order chi connectivity index (χ1) is 15.6. The van der Waals surface area contributed by atoms with E-state index in [9.17, 15) is 14.4 Å². The van der Waals surface area contributed by atoms with Gasteiger partial charge in [-0.25, -0.2) is 9.48 Å². The number of nitrogens with zero attached hydrogens (tertiary/aromatic N) is 3. The van der Waals surface area contributed by atoms with Gasteiger partial charge in [-0.2, -0.15) is 5.10 Å². The number of rotatable bonds is 6. The van der Waals surface area contributed by atoms with Crippen LogP contribution in [0.3, 0.4) is 0 Å². The summed E-state index contributed by atoms with van der Waals surface area (Å²) >= 11 is 0. The molecule has 2 aliphatic rings. The van der Waals surface area contributed by atoms with E-state index in [1.165, 1.54) is 6.20 Å². The molecule has 170 valence electrons. The minimum atomic E-state index is -0.528. The number of hydrogen-bond donors (Lipinski definition) is 1. The standard InChI is InChI=1S/C23H28N4O5/c1-2-32-23(30)19-14-24-27(18-6-4-3-5-7-18)21(19)25-22(29)16-8-10-17(11-9-16)26-12-13-31-15-20(26)28/h3-7,14,16-17H,2,8-13,15H2,1H3,(H,25,29)/t16-,17-. The number of anilines is 1. The van der Waals surface area contributed by atoms with Crippen molar-refractivity contribution in [2.45, 2.75) is 38.6 Å². The van der Waals surface area contributed by atoms with Gasteiger partial charge in [-0.1, -0.05) is 18.2 Å². The smallest absolute Gasteiger partial charge is 0.343 e. The molecule has 32 heavy (non-hydrogen) atoms. The fourth-order valence-corrected chi connectivity index (χ4v) is 4.38. The van der Waals surface area contributed by atoms with Crippen molar-refractivity contribution in [1.82, 2.24) is 14.7 Å². The van der Waals surface area contributed by atoms with Crippen LogP contribution in [0.25, 0.3) is 5.69 Å². The number of benzene rings is 1. The van der Waals surface area contributed by atoms with Crippen LogP contribution in [0.15, 0.2) is 36.5 Å². The summed E-state index contributed by atoms with van der Waals surface area (Å²) in [5.41, 5.74) is 0.949. The molecule has 1 aromatic carbocycles. The Kier molecular flexibility index (Phi) is 6.84. The molecule has 1 aliphatic heterocycles. The molecule has 0 radical (unpaired) electrons. The summed E-state index contributed by atoms with van der Waals surface area (Å²) in [5.74, 6) is -0.545. The molecule has 0 spiro atoms. The van der Waals surface area contributed by atoms with E-state index in [0.717, 1.165) is 18.5 Å². The number of para-hydroxylation sites is 1. The van der Waals surface area contributed by atoms with Crippen LogP contribution in [-0.4, -0.2) is 64.9 Å². The molecular formula is C23H28N4O5. The molecule has 4 rings (SSSR count). The monoisotopic (exact) mass is 440 g/mol. The molecule has 9 heteroatoms. The maximum atomic E-state index is 13.1. The molecule has 9 nitrogen and oxygen atoms in total. The first kappa shape index (κ1) is 22.0. The molecular weight excluding hydrogens is 412 g/mol. The predicted molar refractivity (Wildman–Crippen MR) is 116 cm³/mol. The Morgan fingerprint density at radius 1 is 1.19 bits per heavy atom. The molecule has 0 unspecified atom stereocenters. The number of aromatic nitrogens is 2. The van der Waals surface area contributed by atoms with Crippen molar-refractivity contribution in [2.75, 3.05) is 31.7 Å². The van der Waals surface area contributed by atoms with Gasteiger partial charge < -0.3 is 19.7 Å². The molecule has 1 N–H and O–H groups in total. The Bertz CT molecular complexity index is 966. The maximum Gasteiger partial charge on any atom is 0.343 e. The van der Waals surface area contributed by atoms with Gasteiger partial charge in [0.2, 0.25) is 11.8 Å². The zero-order chi connectivity index (χ0) is 22.5. The highest BCUT2D eigenvalue weighted by molar-refractivity contribution is 6.01. The number of nitrogens with one attached hydrogen (secondary N) is 1. The van der Waals surface area contributed by atoms with E-state index in [1.54, 1.807) is 11.6 Å². The quantitative estimate of drug-likeness (QED) is 0.692. The normalized spacial score (nSPS) is 21.3. The Morgan fingerprint density at radius 3 is 2.62 bits per heavy atom. The van der Waals surface area contributed by atoms with E-state index < -0.39 is 5.97 Å². The second-order valence-corrected chi connectivity index (χ2v) is 8.01. The van der Waals surface area contributed by atoms with Crippen LogP contribution in [0.2, 0.25) is 0 Å². The Balaban J connectivity index is 1.47. The van der Waals surface area contributed by atoms with Crippen molar-refractivity contribution in [3.05, 3.63) is 42.1 Å². The van der Waals surface area contributed by atoms with Crippen LogP contribution in [0, 0.1) is 5.92 Å². The summed E-state index contributed by atoms with van der Waals surface area (Å²) in [6.07, 6.45) is 4.31. The van der Waals surface area contributed by atoms with Crippen LogP contribution in [0.4, 0.5) is 5.82 Å². The number of esters is 1. The fourth-order valence-electron chi connectivity index (χ4n) is 4.38. The van der Waals surface area contributed by atoms with Crippen LogP contribution in [-0.2, 0) is 19.1 Å². The van der Waals surface area contributed by atoms with Crippen molar-refractivity contribution in [2.24, 2.45) is 5.92 Å². The van der Waals surface area contributed by atoms with Crippen molar-refractivity contribution in [1.29, 1.82) is 0 Å². The molecule has 1 saturated carbocycles. The van der Waals surface area contributed by atoms with Gasteiger partial charge in [0.25, 0.3) is 0 Å². The lowest BCUT2D eigenvalue weighted by atomic mass is 9.84. The second-order valence-electron chi connectivity index (χ2n) is 8.01. The molecule has 2 heterocycles. The van der Waals surface area contributed by atoms with Gasteiger partial charge in [0, 0.05) is 18.5 Å². The summed E-state index contributed by atoms with van der Waals surface area (Å²) in [5, 5.41) is 7.24. The number of morpholine rings is 1. The predicted octanol–water partition coefficient (Wildman–Crippen LogP) is 2.41. The lowest BCUT2D eigenvalue weighted by Crippen LogP contribution is -2.49. The third kappa shape index (κ3) is 4.67. The van der Waals surface area contributed by atoms with Crippen LogP contribution in [0.5, 0.6) is 0 Å². The van der Waals surface area contributed by atoms with Crippen molar-refractivity contribution in [3.63, 3.8) is 0 Å². The van der Waals surface area contributed by atoms with E-state index in [1.807, 2.05) is 35.2 Å². The van der Waals surface area contributed by atoms with E-state index in [-0.39, 0.29) is 42.6 Å². The minimum Gasteiger partial charge on any atom is -0.462 e. The average molecular weight is 441 g/mol. The second kappa shape index (κ2) is 9.95. The summed E-state index contributed by atoms with van der Waals surface area (Å²) in [4.78, 5) is 39.6. The summed E-state index contributed by atoms with van der Waals surface area (Å²) in [6.45, 7) is 3.27. The first-order valence-corrected chi connectivity index (χ1v) is 11.1. The van der Waals surface area contributed by atoms with E-state index >= 15 is 0 Å². The van der Waals surface area contributed by atoms with E-state index in [0.29, 0.717) is 31.8 Å². The first-order valence-electron chi connectivity index (χ1n) is 11.1. The minimum absolute atomic E-state index is 0.0231. The molecule has 0 atom stereocenters. The highest BCUT2D eigenvalue weighted by atomic mass is 16.5. The molecule has 2 fully saturated rings. The molecule has 2 amide bonds. The van der Waals surface area contributed by atoms with Gasteiger partial charge in [-0.15, -0.1) is 0 Å². The van der Waals surface area contributed by atoms with Crippen molar-refractivity contribution in [3.8, 4) is 5.69 Å². The number of ether oxygens (including phenoxy) is 2. The SMILES string of the molecule is CCOC(=O)c1cnn(-c2ccccc2)c1NC(=O)[C@H]1CC[C@H](N2CCOCC2=O)CC1. The number of carbonyl (C=O) groups is 3. The molecule has 1 aliphatic carbocycles. The highest BCUT2D eigenvalue weighted by Gasteiger charge is 2.33. The van der Waals surface area contributed by atoms with Gasteiger partial charge in [0.15, 0.2) is 5.82 Å². The van der Waals surface area contributed by atoms with Crippen LogP contribution < -0.4 is 5.32 Å². The van der Waals surface area contributed by atoms with Gasteiger partial charge in [0.05, 0.1) is 25.1 Å². The number of carbonyl (C=O) groups excluding carboxylic acids is 3. The Morgan fingerprint density at radius 2 is 1.94 bits per heavy atom. The van der Waals surface area contributed by atoms with Crippen molar-refractivity contribution >= 4 is 23.6 Å². The third-order valence-corrected chi connectivity index (χ3v) is 6.04. The summed E-state index contributed by atoms with van der Waals surface area (Å²) < 4.78 is 11.9. The highest BCUT2D eigenvalue weighted by Crippen LogP contribution is 2.30. The van der Waals surface area contributed by atoms with E-state index in [2.05, 4.69) is 10.4 Å². The largest absolute Gasteiger partial charge is 0.462 e. The number of amides is 2. The molecule has 1 aromatic heterocycles. The third-order valence-electron chi connectivity index (χ3n) is 6.04.